The topological polar surface area (TPSA) is 42.4 Å². The van der Waals surface area contributed by atoms with Crippen molar-refractivity contribution in [3.8, 4) is 11.6 Å². The Hall–Kier alpha value is -1.46. The Morgan fingerprint density at radius 1 is 1.25 bits per heavy atom. The monoisotopic (exact) mass is 339 g/mol. The lowest BCUT2D eigenvalue weighted by Crippen LogP contribution is -1.99. The first-order valence-electron chi connectivity index (χ1n) is 6.23. The van der Waals surface area contributed by atoms with Crippen LogP contribution in [0, 0.1) is 5.82 Å². The maximum atomic E-state index is 13.3. The van der Waals surface area contributed by atoms with Crippen LogP contribution in [0.25, 0.3) is 0 Å². The molecule has 1 aromatic carbocycles. The number of pyridine rings is 1. The van der Waals surface area contributed by atoms with Gasteiger partial charge < -0.3 is 9.84 Å². The molecule has 0 saturated carbocycles. The van der Waals surface area contributed by atoms with Gasteiger partial charge in [0.05, 0.1) is 6.61 Å². The van der Waals surface area contributed by atoms with Crippen LogP contribution in [0.5, 0.6) is 11.6 Å². The molecular weight excluding hydrogens is 325 g/mol. The number of hydrogen-bond acceptors (Lipinski definition) is 3. The van der Waals surface area contributed by atoms with E-state index in [1.807, 2.05) is 19.9 Å². The van der Waals surface area contributed by atoms with Gasteiger partial charge in [-0.3, -0.25) is 0 Å². The fraction of sp³-hybridized carbons (Fsp3) is 0.267. The summed E-state index contributed by atoms with van der Waals surface area (Å²) in [6, 6.07) is 7.77. The van der Waals surface area contributed by atoms with Crippen molar-refractivity contribution < 1.29 is 14.2 Å². The van der Waals surface area contributed by atoms with Crippen LogP contribution in [0.1, 0.15) is 31.0 Å². The van der Waals surface area contributed by atoms with Crippen LogP contribution in [-0.2, 0) is 6.61 Å². The van der Waals surface area contributed by atoms with Gasteiger partial charge in [-0.2, -0.15) is 0 Å². The summed E-state index contributed by atoms with van der Waals surface area (Å²) in [5.41, 5.74) is 1.54. The van der Waals surface area contributed by atoms with E-state index in [0.717, 1.165) is 5.69 Å². The standard InChI is InChI=1S/C15H15BrFNO2/c1-9(2)14-3-10(8-19)4-15(18-14)20-13-6-11(16)5-12(17)7-13/h3-7,9,19H,8H2,1-2H3. The van der Waals surface area contributed by atoms with Gasteiger partial charge in [-0.05, 0) is 29.7 Å². The Kier molecular flexibility index (Phi) is 4.73. The zero-order valence-electron chi connectivity index (χ0n) is 11.2. The maximum Gasteiger partial charge on any atom is 0.219 e. The summed E-state index contributed by atoms with van der Waals surface area (Å²) in [5, 5.41) is 9.27. The molecule has 1 heterocycles. The summed E-state index contributed by atoms with van der Waals surface area (Å²) in [6.45, 7) is 3.92. The van der Waals surface area contributed by atoms with E-state index in [-0.39, 0.29) is 12.5 Å². The highest BCUT2D eigenvalue weighted by Crippen LogP contribution is 2.27. The van der Waals surface area contributed by atoms with Crippen LogP contribution in [0.2, 0.25) is 0 Å². The molecule has 0 aliphatic rings. The molecule has 0 unspecified atom stereocenters. The van der Waals surface area contributed by atoms with Crippen LogP contribution in [0.4, 0.5) is 4.39 Å². The highest BCUT2D eigenvalue weighted by Gasteiger charge is 2.09. The average molecular weight is 340 g/mol. The number of hydrogen-bond donors (Lipinski definition) is 1. The van der Waals surface area contributed by atoms with Crippen molar-refractivity contribution in [2.45, 2.75) is 26.4 Å². The molecule has 5 heteroatoms. The van der Waals surface area contributed by atoms with Gasteiger partial charge in [0, 0.05) is 22.3 Å². The molecular formula is C15H15BrFNO2. The smallest absolute Gasteiger partial charge is 0.219 e. The van der Waals surface area contributed by atoms with Gasteiger partial charge in [-0.1, -0.05) is 29.8 Å². The summed E-state index contributed by atoms with van der Waals surface area (Å²) in [5.74, 6) is 0.520. The summed E-state index contributed by atoms with van der Waals surface area (Å²) in [6.07, 6.45) is 0. The van der Waals surface area contributed by atoms with E-state index in [9.17, 15) is 9.50 Å². The molecule has 106 valence electrons. The molecule has 1 N–H and O–H groups in total. The molecule has 2 rings (SSSR count). The van der Waals surface area contributed by atoms with Gasteiger partial charge in [0.15, 0.2) is 0 Å². The van der Waals surface area contributed by atoms with E-state index in [1.54, 1.807) is 12.1 Å². The molecule has 1 aromatic heterocycles. The van der Waals surface area contributed by atoms with Crippen molar-refractivity contribution in [3.63, 3.8) is 0 Å². The third-order valence-corrected chi connectivity index (χ3v) is 3.17. The molecule has 20 heavy (non-hydrogen) atoms. The van der Waals surface area contributed by atoms with E-state index < -0.39 is 5.82 Å². The molecule has 0 bridgehead atoms. The molecule has 0 saturated heterocycles. The lowest BCUT2D eigenvalue weighted by Gasteiger charge is -2.11. The lowest BCUT2D eigenvalue weighted by atomic mass is 10.1. The average Bonchev–Trinajstić information content (AvgIpc) is 2.36. The Labute approximate surface area is 125 Å². The van der Waals surface area contributed by atoms with Gasteiger partial charge in [-0.15, -0.1) is 0 Å². The maximum absolute atomic E-state index is 13.3. The van der Waals surface area contributed by atoms with E-state index in [4.69, 9.17) is 4.74 Å². The molecule has 0 aliphatic carbocycles. The van der Waals surface area contributed by atoms with Gasteiger partial charge in [0.1, 0.15) is 11.6 Å². The van der Waals surface area contributed by atoms with Gasteiger partial charge in [0.2, 0.25) is 5.88 Å². The minimum atomic E-state index is -0.392. The largest absolute Gasteiger partial charge is 0.439 e. The van der Waals surface area contributed by atoms with Crippen LogP contribution >= 0.6 is 15.9 Å². The van der Waals surface area contributed by atoms with Crippen molar-refractivity contribution in [1.29, 1.82) is 0 Å². The molecule has 0 atom stereocenters. The molecule has 0 aliphatic heterocycles. The SMILES string of the molecule is CC(C)c1cc(CO)cc(Oc2cc(F)cc(Br)c2)n1. The highest BCUT2D eigenvalue weighted by molar-refractivity contribution is 9.10. The lowest BCUT2D eigenvalue weighted by molar-refractivity contribution is 0.280. The third kappa shape index (κ3) is 3.77. The fourth-order valence-electron chi connectivity index (χ4n) is 1.73. The number of ether oxygens (including phenoxy) is 1. The molecule has 0 spiro atoms. The first kappa shape index (κ1) is 14.9. The predicted octanol–water partition coefficient (Wildman–Crippen LogP) is 4.39. The van der Waals surface area contributed by atoms with Crippen molar-refractivity contribution >= 4 is 15.9 Å². The minimum Gasteiger partial charge on any atom is -0.439 e. The third-order valence-electron chi connectivity index (χ3n) is 2.71. The normalized spacial score (nSPS) is 10.9. The Balaban J connectivity index is 2.34. The quantitative estimate of drug-likeness (QED) is 0.898. The number of rotatable bonds is 4. The molecule has 2 aromatic rings. The summed E-state index contributed by atoms with van der Waals surface area (Å²) in [7, 11) is 0. The fourth-order valence-corrected chi connectivity index (χ4v) is 2.17. The second-order valence-corrected chi connectivity index (χ2v) is 5.67. The number of aliphatic hydroxyl groups is 1. The van der Waals surface area contributed by atoms with E-state index in [1.165, 1.54) is 12.1 Å². The number of nitrogens with zero attached hydrogens (tertiary/aromatic N) is 1. The minimum absolute atomic E-state index is 0.0918. The number of halogens is 2. The summed E-state index contributed by atoms with van der Waals surface area (Å²) < 4.78 is 19.5. The van der Waals surface area contributed by atoms with Crippen LogP contribution in [-0.4, -0.2) is 10.1 Å². The van der Waals surface area contributed by atoms with Crippen molar-refractivity contribution in [1.82, 2.24) is 4.98 Å². The molecule has 0 radical (unpaired) electrons. The van der Waals surface area contributed by atoms with E-state index >= 15 is 0 Å². The Morgan fingerprint density at radius 2 is 2.00 bits per heavy atom. The van der Waals surface area contributed by atoms with E-state index in [2.05, 4.69) is 20.9 Å². The number of aromatic nitrogens is 1. The number of aliphatic hydroxyl groups excluding tert-OH is 1. The van der Waals surface area contributed by atoms with Gasteiger partial charge in [0.25, 0.3) is 0 Å². The van der Waals surface area contributed by atoms with Crippen LogP contribution < -0.4 is 4.74 Å². The second kappa shape index (κ2) is 6.33. The Morgan fingerprint density at radius 3 is 2.60 bits per heavy atom. The first-order chi connectivity index (χ1) is 9.47. The van der Waals surface area contributed by atoms with Crippen molar-refractivity contribution in [2.24, 2.45) is 0 Å². The van der Waals surface area contributed by atoms with Gasteiger partial charge >= 0.3 is 0 Å². The Bertz CT molecular complexity index is 597. The molecule has 3 nitrogen and oxygen atoms in total. The van der Waals surface area contributed by atoms with Crippen molar-refractivity contribution in [2.75, 3.05) is 0 Å². The predicted molar refractivity (Wildman–Crippen MR) is 78.4 cm³/mol. The van der Waals surface area contributed by atoms with Crippen molar-refractivity contribution in [3.05, 3.63) is 51.9 Å². The zero-order valence-corrected chi connectivity index (χ0v) is 12.8. The zero-order chi connectivity index (χ0) is 14.7. The molecule has 0 fully saturated rings. The van der Waals surface area contributed by atoms with Crippen LogP contribution in [0.15, 0.2) is 34.8 Å². The number of benzene rings is 1. The summed E-state index contributed by atoms with van der Waals surface area (Å²) >= 11 is 3.21. The van der Waals surface area contributed by atoms with Crippen LogP contribution in [0.3, 0.4) is 0 Å². The second-order valence-electron chi connectivity index (χ2n) is 4.76. The van der Waals surface area contributed by atoms with E-state index in [0.29, 0.717) is 21.7 Å². The first-order valence-corrected chi connectivity index (χ1v) is 7.03. The van der Waals surface area contributed by atoms with Gasteiger partial charge in [-0.25, -0.2) is 9.37 Å². The summed E-state index contributed by atoms with van der Waals surface area (Å²) in [4.78, 5) is 4.36. The highest BCUT2D eigenvalue weighted by atomic mass is 79.9. The molecule has 0 amide bonds.